The number of benzene rings is 2. The first kappa shape index (κ1) is 22.1. The van der Waals surface area contributed by atoms with Crippen molar-refractivity contribution in [3.63, 3.8) is 0 Å². The number of methoxy groups -OCH3 is 1. The normalized spacial score (nSPS) is 15.4. The SMILES string of the molecule is COCCCNC(=O)CC1=C(C)/C(=C\c2ccc([S@@](C)=O)cc2)c2ccc(F)cc21. The van der Waals surface area contributed by atoms with Crippen molar-refractivity contribution < 1.29 is 18.1 Å². The van der Waals surface area contributed by atoms with Crippen molar-refractivity contribution in [2.24, 2.45) is 0 Å². The molecule has 0 aromatic heterocycles. The van der Waals surface area contributed by atoms with E-state index in [0.29, 0.717) is 13.2 Å². The summed E-state index contributed by atoms with van der Waals surface area (Å²) in [7, 11) is 0.600. The van der Waals surface area contributed by atoms with Gasteiger partial charge in [0.1, 0.15) is 5.82 Å². The number of rotatable bonds is 8. The van der Waals surface area contributed by atoms with Crippen LogP contribution in [0.25, 0.3) is 17.2 Å². The van der Waals surface area contributed by atoms with Crippen molar-refractivity contribution in [2.75, 3.05) is 26.5 Å². The van der Waals surface area contributed by atoms with Crippen molar-refractivity contribution in [3.8, 4) is 0 Å². The third kappa shape index (κ3) is 5.12. The van der Waals surface area contributed by atoms with Crippen LogP contribution >= 0.6 is 0 Å². The van der Waals surface area contributed by atoms with Gasteiger partial charge in [-0.3, -0.25) is 9.00 Å². The van der Waals surface area contributed by atoms with Crippen molar-refractivity contribution in [1.29, 1.82) is 0 Å². The highest BCUT2D eigenvalue weighted by atomic mass is 32.2. The molecule has 0 unspecified atom stereocenters. The summed E-state index contributed by atoms with van der Waals surface area (Å²) in [5.74, 6) is -0.415. The maximum absolute atomic E-state index is 14.0. The Kier molecular flexibility index (Phi) is 7.34. The Bertz CT molecular complexity index is 1030. The van der Waals surface area contributed by atoms with Crippen molar-refractivity contribution in [3.05, 3.63) is 70.5 Å². The van der Waals surface area contributed by atoms with Gasteiger partial charge < -0.3 is 10.1 Å². The van der Waals surface area contributed by atoms with Gasteiger partial charge in [-0.15, -0.1) is 0 Å². The van der Waals surface area contributed by atoms with Crippen LogP contribution in [0, 0.1) is 5.82 Å². The molecule has 0 spiro atoms. The van der Waals surface area contributed by atoms with Gasteiger partial charge in [0.25, 0.3) is 0 Å². The van der Waals surface area contributed by atoms with Gasteiger partial charge in [-0.1, -0.05) is 18.2 Å². The lowest BCUT2D eigenvalue weighted by molar-refractivity contribution is -0.120. The van der Waals surface area contributed by atoms with Gasteiger partial charge in [0.15, 0.2) is 0 Å². The van der Waals surface area contributed by atoms with E-state index in [4.69, 9.17) is 4.74 Å². The second-order valence-electron chi connectivity index (χ2n) is 7.25. The molecule has 0 radical (unpaired) electrons. The average Bonchev–Trinajstić information content (AvgIpc) is 2.97. The molecule has 3 rings (SSSR count). The summed E-state index contributed by atoms with van der Waals surface area (Å²) < 4.78 is 30.6. The van der Waals surface area contributed by atoms with Crippen LogP contribution in [0.15, 0.2) is 52.9 Å². The first-order valence-electron chi connectivity index (χ1n) is 9.82. The highest BCUT2D eigenvalue weighted by Gasteiger charge is 2.25. The van der Waals surface area contributed by atoms with E-state index in [9.17, 15) is 13.4 Å². The number of fused-ring (bicyclic) bond motifs is 1. The smallest absolute Gasteiger partial charge is 0.224 e. The predicted molar refractivity (Wildman–Crippen MR) is 120 cm³/mol. The zero-order valence-electron chi connectivity index (χ0n) is 17.5. The lowest BCUT2D eigenvalue weighted by atomic mass is 10.0. The molecule has 0 saturated carbocycles. The highest BCUT2D eigenvalue weighted by Crippen LogP contribution is 2.43. The summed E-state index contributed by atoms with van der Waals surface area (Å²) in [6.07, 6.45) is 4.61. The van der Waals surface area contributed by atoms with Crippen molar-refractivity contribution in [1.82, 2.24) is 5.32 Å². The fraction of sp³-hybridized carbons (Fsp3) is 0.292. The summed E-state index contributed by atoms with van der Waals surface area (Å²) in [4.78, 5) is 13.2. The number of allylic oxidation sites excluding steroid dienone is 2. The molecule has 0 aliphatic heterocycles. The summed E-state index contributed by atoms with van der Waals surface area (Å²) in [5.41, 5.74) is 5.41. The minimum Gasteiger partial charge on any atom is -0.385 e. The van der Waals surface area contributed by atoms with Crippen LogP contribution in [0.1, 0.15) is 36.5 Å². The zero-order chi connectivity index (χ0) is 21.7. The molecule has 0 heterocycles. The number of hydrogen-bond acceptors (Lipinski definition) is 3. The largest absolute Gasteiger partial charge is 0.385 e. The topological polar surface area (TPSA) is 55.4 Å². The maximum Gasteiger partial charge on any atom is 0.224 e. The van der Waals surface area contributed by atoms with E-state index in [1.54, 1.807) is 19.4 Å². The Balaban J connectivity index is 1.90. The van der Waals surface area contributed by atoms with Crippen molar-refractivity contribution >= 4 is 33.9 Å². The average molecular weight is 428 g/mol. The fourth-order valence-electron chi connectivity index (χ4n) is 3.57. The molecule has 2 aromatic carbocycles. The maximum atomic E-state index is 14.0. The van der Waals surface area contributed by atoms with Crippen LogP contribution in [-0.2, 0) is 20.3 Å². The number of hydrogen-bond donors (Lipinski definition) is 1. The van der Waals surface area contributed by atoms with Gasteiger partial charge >= 0.3 is 0 Å². The van der Waals surface area contributed by atoms with E-state index in [0.717, 1.165) is 44.7 Å². The van der Waals surface area contributed by atoms with Crippen LogP contribution in [0.4, 0.5) is 4.39 Å². The lowest BCUT2D eigenvalue weighted by Crippen LogP contribution is -2.25. The summed E-state index contributed by atoms with van der Waals surface area (Å²) in [6.45, 7) is 3.10. The summed E-state index contributed by atoms with van der Waals surface area (Å²) in [6, 6.07) is 12.2. The number of halogens is 1. The number of ether oxygens (including phenoxy) is 1. The van der Waals surface area contributed by atoms with Gasteiger partial charge in [0, 0.05) is 42.2 Å². The summed E-state index contributed by atoms with van der Waals surface area (Å²) in [5, 5.41) is 2.90. The van der Waals surface area contributed by atoms with Crippen LogP contribution in [-0.4, -0.2) is 36.6 Å². The molecule has 1 N–H and O–H groups in total. The zero-order valence-corrected chi connectivity index (χ0v) is 18.3. The molecule has 158 valence electrons. The third-order valence-electron chi connectivity index (χ3n) is 5.16. The van der Waals surface area contributed by atoms with Gasteiger partial charge in [-0.2, -0.15) is 0 Å². The van der Waals surface area contributed by atoms with Crippen LogP contribution < -0.4 is 5.32 Å². The van der Waals surface area contributed by atoms with Crippen molar-refractivity contribution in [2.45, 2.75) is 24.7 Å². The quantitative estimate of drug-likeness (QED) is 0.634. The molecule has 0 bridgehead atoms. The number of carbonyl (C=O) groups excluding carboxylic acids is 1. The summed E-state index contributed by atoms with van der Waals surface area (Å²) >= 11 is 0. The van der Waals surface area contributed by atoms with E-state index in [-0.39, 0.29) is 18.1 Å². The Morgan fingerprint density at radius 1 is 1.17 bits per heavy atom. The molecular weight excluding hydrogens is 401 g/mol. The van der Waals surface area contributed by atoms with E-state index < -0.39 is 10.8 Å². The molecule has 1 amide bonds. The molecule has 0 saturated heterocycles. The molecule has 2 aromatic rings. The van der Waals surface area contributed by atoms with Gasteiger partial charge in [-0.25, -0.2) is 4.39 Å². The van der Waals surface area contributed by atoms with Crippen LogP contribution in [0.5, 0.6) is 0 Å². The first-order valence-corrected chi connectivity index (χ1v) is 11.4. The monoisotopic (exact) mass is 427 g/mol. The molecule has 1 aliphatic rings. The molecule has 0 fully saturated rings. The molecule has 6 heteroatoms. The second-order valence-corrected chi connectivity index (χ2v) is 8.63. The second kappa shape index (κ2) is 9.96. The minimum absolute atomic E-state index is 0.0910. The van der Waals surface area contributed by atoms with Gasteiger partial charge in [0.05, 0.1) is 6.42 Å². The Labute approximate surface area is 179 Å². The Morgan fingerprint density at radius 3 is 2.57 bits per heavy atom. The predicted octanol–water partition coefficient (Wildman–Crippen LogP) is 4.43. The van der Waals surface area contributed by atoms with Crippen LogP contribution in [0.2, 0.25) is 0 Å². The van der Waals surface area contributed by atoms with Gasteiger partial charge in [-0.05, 0) is 77.1 Å². The third-order valence-corrected chi connectivity index (χ3v) is 6.10. The number of amides is 1. The van der Waals surface area contributed by atoms with E-state index in [1.807, 2.05) is 37.3 Å². The molecule has 4 nitrogen and oxygen atoms in total. The van der Waals surface area contributed by atoms with Crippen LogP contribution in [0.3, 0.4) is 0 Å². The fourth-order valence-corrected chi connectivity index (χ4v) is 4.09. The van der Waals surface area contributed by atoms with Gasteiger partial charge in [0.2, 0.25) is 5.91 Å². The molecular formula is C24H26FNO3S. The molecule has 30 heavy (non-hydrogen) atoms. The molecule has 1 atom stereocenters. The van der Waals surface area contributed by atoms with E-state index in [1.165, 1.54) is 12.1 Å². The Hall–Kier alpha value is -2.57. The minimum atomic E-state index is -1.03. The van der Waals surface area contributed by atoms with E-state index >= 15 is 0 Å². The number of nitrogens with one attached hydrogen (secondary N) is 1. The highest BCUT2D eigenvalue weighted by molar-refractivity contribution is 7.84. The lowest BCUT2D eigenvalue weighted by Gasteiger charge is -2.08. The standard InChI is InChI=1S/C24H26FNO3S/c1-16-21(13-17-5-8-19(9-6-17)30(3)28)20-10-7-18(25)14-23(20)22(16)15-24(27)26-11-4-12-29-2/h5-10,13-14H,4,11-12,15H2,1-3H3,(H,26,27)/b21-13+/t30-/m1/s1. The number of carbonyl (C=O) groups is 1. The molecule has 1 aliphatic carbocycles. The Morgan fingerprint density at radius 2 is 1.90 bits per heavy atom. The first-order chi connectivity index (χ1) is 14.4. The van der Waals surface area contributed by atoms with E-state index in [2.05, 4.69) is 5.32 Å².